The predicted molar refractivity (Wildman–Crippen MR) is 105 cm³/mol. The topological polar surface area (TPSA) is 66.5 Å². The molecule has 2 N–H and O–H groups in total. The number of fused-ring (bicyclic) bond motifs is 1. The lowest BCUT2D eigenvalue weighted by atomic mass is 9.96. The molecule has 0 bridgehead atoms. The van der Waals surface area contributed by atoms with Crippen LogP contribution in [0.4, 0.5) is 5.69 Å². The summed E-state index contributed by atoms with van der Waals surface area (Å²) in [6.45, 7) is 7.37. The Bertz CT molecular complexity index is 831. The lowest BCUT2D eigenvalue weighted by Crippen LogP contribution is -2.38. The van der Waals surface area contributed by atoms with Crippen molar-refractivity contribution in [3.8, 4) is 0 Å². The summed E-state index contributed by atoms with van der Waals surface area (Å²) in [5.41, 5.74) is 6.43. The van der Waals surface area contributed by atoms with Crippen LogP contribution in [0, 0.1) is 6.92 Å². The van der Waals surface area contributed by atoms with Gasteiger partial charge in [0, 0.05) is 43.8 Å². The van der Waals surface area contributed by atoms with E-state index >= 15 is 0 Å². The Kier molecular flexibility index (Phi) is 5.36. The van der Waals surface area contributed by atoms with Crippen molar-refractivity contribution < 1.29 is 9.53 Å². The predicted octanol–water partition coefficient (Wildman–Crippen LogP) is 1.80. The Morgan fingerprint density at radius 2 is 2.11 bits per heavy atom. The largest absolute Gasteiger partial charge is 0.378 e. The standard InChI is InChI=1S/C21H26N4O2/c1-15-19(17-6-7-22-12-16(17)13-23-15)14-24-21(26)18-4-2-3-5-20(18)25-8-10-27-11-9-25/h2-5,13,22H,6-12,14H2,1H3,(H,24,26). The summed E-state index contributed by atoms with van der Waals surface area (Å²) in [6, 6.07) is 7.82. The number of aromatic nitrogens is 1. The molecular weight excluding hydrogens is 340 g/mol. The maximum absolute atomic E-state index is 13.0. The van der Waals surface area contributed by atoms with Crippen molar-refractivity contribution in [1.82, 2.24) is 15.6 Å². The number of rotatable bonds is 4. The van der Waals surface area contributed by atoms with Crippen molar-refractivity contribution in [2.75, 3.05) is 37.7 Å². The van der Waals surface area contributed by atoms with Crippen LogP contribution < -0.4 is 15.5 Å². The molecule has 1 fully saturated rings. The summed E-state index contributed by atoms with van der Waals surface area (Å²) in [5.74, 6) is -0.0389. The van der Waals surface area contributed by atoms with Crippen molar-refractivity contribution in [3.63, 3.8) is 0 Å². The zero-order chi connectivity index (χ0) is 18.6. The van der Waals surface area contributed by atoms with E-state index in [9.17, 15) is 4.79 Å². The molecule has 2 aliphatic rings. The molecule has 142 valence electrons. The third-order valence-electron chi connectivity index (χ3n) is 5.40. The quantitative estimate of drug-likeness (QED) is 0.864. The summed E-state index contributed by atoms with van der Waals surface area (Å²) in [7, 11) is 0. The highest BCUT2D eigenvalue weighted by Crippen LogP contribution is 2.23. The molecule has 0 atom stereocenters. The SMILES string of the molecule is Cc1ncc2c(c1CNC(=O)c1ccccc1N1CCOCC1)CCNC2. The van der Waals surface area contributed by atoms with E-state index in [-0.39, 0.29) is 5.91 Å². The first kappa shape index (κ1) is 17.9. The number of nitrogens with one attached hydrogen (secondary N) is 2. The zero-order valence-corrected chi connectivity index (χ0v) is 15.8. The highest BCUT2D eigenvalue weighted by atomic mass is 16.5. The molecule has 6 heteroatoms. The van der Waals surface area contributed by atoms with Crippen molar-refractivity contribution in [2.45, 2.75) is 26.4 Å². The normalized spacial score (nSPS) is 16.7. The highest BCUT2D eigenvalue weighted by Gasteiger charge is 2.20. The summed E-state index contributed by atoms with van der Waals surface area (Å²) in [5, 5.41) is 6.51. The molecule has 1 saturated heterocycles. The number of anilines is 1. The third kappa shape index (κ3) is 3.82. The minimum atomic E-state index is -0.0389. The highest BCUT2D eigenvalue weighted by molar-refractivity contribution is 5.99. The molecule has 3 heterocycles. The molecule has 1 aromatic carbocycles. The van der Waals surface area contributed by atoms with Crippen LogP contribution in [-0.2, 0) is 24.2 Å². The molecule has 0 saturated carbocycles. The number of amides is 1. The summed E-state index contributed by atoms with van der Waals surface area (Å²) in [6.07, 6.45) is 2.93. The molecule has 2 aromatic rings. The average Bonchev–Trinajstić information content (AvgIpc) is 2.73. The lowest BCUT2D eigenvalue weighted by Gasteiger charge is -2.30. The Morgan fingerprint density at radius 1 is 1.30 bits per heavy atom. The van der Waals surface area contributed by atoms with Crippen LogP contribution in [0.15, 0.2) is 30.5 Å². The number of aryl methyl sites for hydroxylation is 1. The van der Waals surface area contributed by atoms with Crippen LogP contribution in [-0.4, -0.2) is 43.7 Å². The number of morpholine rings is 1. The second kappa shape index (κ2) is 8.06. The van der Waals surface area contributed by atoms with Crippen LogP contribution >= 0.6 is 0 Å². The van der Waals surface area contributed by atoms with Gasteiger partial charge in [0.1, 0.15) is 0 Å². The first-order valence-electron chi connectivity index (χ1n) is 9.61. The van der Waals surface area contributed by atoms with Gasteiger partial charge in [-0.15, -0.1) is 0 Å². The Morgan fingerprint density at radius 3 is 2.96 bits per heavy atom. The van der Waals surface area contributed by atoms with Crippen molar-refractivity contribution in [3.05, 3.63) is 58.4 Å². The monoisotopic (exact) mass is 366 g/mol. The Hall–Kier alpha value is -2.44. The summed E-state index contributed by atoms with van der Waals surface area (Å²) >= 11 is 0. The number of nitrogens with zero attached hydrogens (tertiary/aromatic N) is 2. The van der Waals surface area contributed by atoms with Crippen molar-refractivity contribution in [2.24, 2.45) is 0 Å². The number of ether oxygens (including phenoxy) is 1. The van der Waals surface area contributed by atoms with Gasteiger partial charge < -0.3 is 20.3 Å². The maximum atomic E-state index is 13.0. The molecule has 4 rings (SSSR count). The molecule has 6 nitrogen and oxygen atoms in total. The molecule has 0 spiro atoms. The van der Waals surface area contributed by atoms with Crippen molar-refractivity contribution >= 4 is 11.6 Å². The van der Waals surface area contributed by atoms with Crippen LogP contribution in [0.5, 0.6) is 0 Å². The van der Waals surface area contributed by atoms with E-state index in [1.807, 2.05) is 37.4 Å². The van der Waals surface area contributed by atoms with E-state index in [2.05, 4.69) is 20.5 Å². The molecule has 27 heavy (non-hydrogen) atoms. The van der Waals surface area contributed by atoms with Crippen LogP contribution in [0.3, 0.4) is 0 Å². The molecule has 0 unspecified atom stereocenters. The van der Waals surface area contributed by atoms with Gasteiger partial charge in [-0.25, -0.2) is 0 Å². The molecule has 1 aromatic heterocycles. The summed E-state index contributed by atoms with van der Waals surface area (Å²) in [4.78, 5) is 19.7. The van der Waals surface area contributed by atoms with Gasteiger partial charge in [0.05, 0.1) is 18.8 Å². The number of pyridine rings is 1. The minimum Gasteiger partial charge on any atom is -0.378 e. The van der Waals surface area contributed by atoms with E-state index in [1.165, 1.54) is 11.1 Å². The van der Waals surface area contributed by atoms with Gasteiger partial charge in [-0.1, -0.05) is 12.1 Å². The molecule has 2 aliphatic heterocycles. The van der Waals surface area contributed by atoms with Gasteiger partial charge in [0.25, 0.3) is 5.91 Å². The molecular formula is C21H26N4O2. The smallest absolute Gasteiger partial charge is 0.253 e. The molecule has 0 radical (unpaired) electrons. The van der Waals surface area contributed by atoms with E-state index in [0.717, 1.165) is 55.1 Å². The Labute approximate surface area is 159 Å². The van der Waals surface area contributed by atoms with Gasteiger partial charge in [0.15, 0.2) is 0 Å². The minimum absolute atomic E-state index is 0.0389. The molecule has 1 amide bonds. The van der Waals surface area contributed by atoms with Gasteiger partial charge >= 0.3 is 0 Å². The van der Waals surface area contributed by atoms with Gasteiger partial charge in [-0.05, 0) is 48.7 Å². The van der Waals surface area contributed by atoms with E-state index in [1.54, 1.807) is 0 Å². The lowest BCUT2D eigenvalue weighted by molar-refractivity contribution is 0.0949. The van der Waals surface area contributed by atoms with Gasteiger partial charge in [-0.3, -0.25) is 9.78 Å². The number of hydrogen-bond acceptors (Lipinski definition) is 5. The fraction of sp³-hybridized carbons (Fsp3) is 0.429. The van der Waals surface area contributed by atoms with E-state index < -0.39 is 0 Å². The van der Waals surface area contributed by atoms with Gasteiger partial charge in [-0.2, -0.15) is 0 Å². The fourth-order valence-corrected chi connectivity index (χ4v) is 3.89. The van der Waals surface area contributed by atoms with Crippen molar-refractivity contribution in [1.29, 1.82) is 0 Å². The summed E-state index contributed by atoms with van der Waals surface area (Å²) < 4.78 is 5.44. The van der Waals surface area contributed by atoms with Crippen LogP contribution in [0.2, 0.25) is 0 Å². The zero-order valence-electron chi connectivity index (χ0n) is 15.8. The number of carbonyl (C=O) groups is 1. The second-order valence-corrected chi connectivity index (χ2v) is 7.05. The average molecular weight is 366 g/mol. The number of benzene rings is 1. The molecule has 0 aliphatic carbocycles. The second-order valence-electron chi connectivity index (χ2n) is 7.05. The first-order valence-corrected chi connectivity index (χ1v) is 9.61. The number of hydrogen-bond donors (Lipinski definition) is 2. The maximum Gasteiger partial charge on any atom is 0.253 e. The number of carbonyl (C=O) groups excluding carboxylic acids is 1. The van der Waals surface area contributed by atoms with Crippen LogP contribution in [0.25, 0.3) is 0 Å². The third-order valence-corrected chi connectivity index (χ3v) is 5.40. The fourth-order valence-electron chi connectivity index (χ4n) is 3.89. The van der Waals surface area contributed by atoms with E-state index in [0.29, 0.717) is 19.8 Å². The number of para-hydroxylation sites is 1. The van der Waals surface area contributed by atoms with Crippen LogP contribution in [0.1, 0.15) is 32.7 Å². The Balaban J connectivity index is 1.53. The first-order chi connectivity index (χ1) is 13.2. The van der Waals surface area contributed by atoms with Gasteiger partial charge in [0.2, 0.25) is 0 Å². The van der Waals surface area contributed by atoms with E-state index in [4.69, 9.17) is 4.74 Å².